The molecule has 1 heterocycles. The lowest BCUT2D eigenvalue weighted by Crippen LogP contribution is -2.15. The van der Waals surface area contributed by atoms with Crippen molar-refractivity contribution in [1.29, 1.82) is 0 Å². The van der Waals surface area contributed by atoms with Crippen LogP contribution in [-0.4, -0.2) is 13.2 Å². The summed E-state index contributed by atoms with van der Waals surface area (Å²) >= 11 is 0. The zero-order valence-corrected chi connectivity index (χ0v) is 8.57. The van der Waals surface area contributed by atoms with Crippen LogP contribution in [0.15, 0.2) is 24.3 Å². The molecular weight excluding hydrogens is 188 g/mol. The van der Waals surface area contributed by atoms with Crippen molar-refractivity contribution in [2.24, 2.45) is 0 Å². The largest absolute Gasteiger partial charge is 0.497 e. The second kappa shape index (κ2) is 4.10. The van der Waals surface area contributed by atoms with Crippen molar-refractivity contribution >= 4 is 6.08 Å². The quantitative estimate of drug-likeness (QED) is 0.683. The third-order valence-electron chi connectivity index (χ3n) is 2.30. The molecule has 2 rings (SSSR count). The van der Waals surface area contributed by atoms with Gasteiger partial charge in [0, 0.05) is 12.0 Å². The molecule has 1 aromatic carbocycles. The zero-order valence-electron chi connectivity index (χ0n) is 8.57. The molecule has 1 unspecified atom stereocenters. The molecule has 1 aliphatic rings. The summed E-state index contributed by atoms with van der Waals surface area (Å²) < 4.78 is 10.8. The van der Waals surface area contributed by atoms with E-state index in [0.717, 1.165) is 17.1 Å². The molecule has 0 fully saturated rings. The lowest BCUT2D eigenvalue weighted by molar-refractivity contribution is 0.251. The second-order valence-corrected chi connectivity index (χ2v) is 3.33. The van der Waals surface area contributed by atoms with E-state index in [2.05, 4.69) is 5.92 Å². The summed E-state index contributed by atoms with van der Waals surface area (Å²) in [5.41, 5.74) is 1.03. The Morgan fingerprint density at radius 3 is 3.13 bits per heavy atom. The number of fused-ring (bicyclic) bond motifs is 1. The fourth-order valence-corrected chi connectivity index (χ4v) is 1.53. The maximum absolute atomic E-state index is 5.69. The number of hydrogen-bond acceptors (Lipinski definition) is 2. The molecule has 1 aromatic rings. The van der Waals surface area contributed by atoms with Crippen molar-refractivity contribution in [1.82, 2.24) is 0 Å². The van der Waals surface area contributed by atoms with Crippen LogP contribution in [-0.2, 0) is 0 Å². The maximum Gasteiger partial charge on any atom is 0.128 e. The first-order valence-corrected chi connectivity index (χ1v) is 4.80. The average molecular weight is 200 g/mol. The molecule has 0 radical (unpaired) electrons. The highest BCUT2D eigenvalue weighted by Gasteiger charge is 2.13. The highest BCUT2D eigenvalue weighted by Crippen LogP contribution is 2.30. The third kappa shape index (κ3) is 1.97. The highest BCUT2D eigenvalue weighted by atomic mass is 16.5. The van der Waals surface area contributed by atoms with Crippen LogP contribution >= 0.6 is 0 Å². The molecule has 0 saturated heterocycles. The predicted molar refractivity (Wildman–Crippen MR) is 59.9 cm³/mol. The first-order chi connectivity index (χ1) is 7.33. The van der Waals surface area contributed by atoms with Crippen LogP contribution in [0.4, 0.5) is 0 Å². The number of rotatable bonds is 2. The minimum Gasteiger partial charge on any atom is -0.497 e. The summed E-state index contributed by atoms with van der Waals surface area (Å²) in [7, 11) is 1.65. The lowest BCUT2D eigenvalue weighted by atomic mass is 10.1. The SMILES string of the molecule is C#CCC1C=Cc2cc(OC)ccc2O1. The Labute approximate surface area is 89.5 Å². The van der Waals surface area contributed by atoms with Gasteiger partial charge in [-0.3, -0.25) is 0 Å². The first-order valence-electron chi connectivity index (χ1n) is 4.80. The van der Waals surface area contributed by atoms with Crippen LogP contribution in [0.2, 0.25) is 0 Å². The van der Waals surface area contributed by atoms with Gasteiger partial charge in [-0.15, -0.1) is 12.3 Å². The molecule has 2 nitrogen and oxygen atoms in total. The van der Waals surface area contributed by atoms with Crippen molar-refractivity contribution in [2.75, 3.05) is 7.11 Å². The van der Waals surface area contributed by atoms with E-state index in [1.54, 1.807) is 7.11 Å². The molecule has 0 amide bonds. The molecule has 0 N–H and O–H groups in total. The monoisotopic (exact) mass is 200 g/mol. The first kappa shape index (κ1) is 9.67. The van der Waals surface area contributed by atoms with Crippen LogP contribution in [0.25, 0.3) is 6.08 Å². The molecule has 76 valence electrons. The topological polar surface area (TPSA) is 18.5 Å². The second-order valence-electron chi connectivity index (χ2n) is 3.33. The average Bonchev–Trinajstić information content (AvgIpc) is 2.29. The summed E-state index contributed by atoms with van der Waals surface area (Å²) in [5, 5.41) is 0. The molecule has 0 saturated carbocycles. The number of terminal acetylenes is 1. The summed E-state index contributed by atoms with van der Waals surface area (Å²) in [5.74, 6) is 4.28. The number of ether oxygens (including phenoxy) is 2. The summed E-state index contributed by atoms with van der Waals surface area (Å²) in [6.45, 7) is 0. The Balaban J connectivity index is 2.25. The zero-order chi connectivity index (χ0) is 10.7. The van der Waals surface area contributed by atoms with E-state index in [0.29, 0.717) is 6.42 Å². The van der Waals surface area contributed by atoms with E-state index in [1.165, 1.54) is 0 Å². The van der Waals surface area contributed by atoms with E-state index >= 15 is 0 Å². The summed E-state index contributed by atoms with van der Waals surface area (Å²) in [6.07, 6.45) is 9.83. The molecule has 0 aliphatic carbocycles. The molecule has 1 aliphatic heterocycles. The van der Waals surface area contributed by atoms with Gasteiger partial charge in [0.05, 0.1) is 7.11 Å². The Morgan fingerprint density at radius 2 is 2.40 bits per heavy atom. The van der Waals surface area contributed by atoms with E-state index in [4.69, 9.17) is 15.9 Å². The molecule has 15 heavy (non-hydrogen) atoms. The van der Waals surface area contributed by atoms with Gasteiger partial charge in [0.2, 0.25) is 0 Å². The Kier molecular flexibility index (Phi) is 2.64. The van der Waals surface area contributed by atoms with E-state index in [-0.39, 0.29) is 6.10 Å². The van der Waals surface area contributed by atoms with E-state index in [1.807, 2.05) is 30.4 Å². The molecule has 2 heteroatoms. The third-order valence-corrected chi connectivity index (χ3v) is 2.30. The lowest BCUT2D eigenvalue weighted by Gasteiger charge is -2.20. The normalized spacial score (nSPS) is 17.5. The Hall–Kier alpha value is -1.88. The number of hydrogen-bond donors (Lipinski definition) is 0. The summed E-state index contributed by atoms with van der Waals surface area (Å²) in [6, 6.07) is 5.73. The number of benzene rings is 1. The van der Waals surface area contributed by atoms with Crippen molar-refractivity contribution in [3.63, 3.8) is 0 Å². The van der Waals surface area contributed by atoms with Gasteiger partial charge < -0.3 is 9.47 Å². The molecule has 0 spiro atoms. The fourth-order valence-electron chi connectivity index (χ4n) is 1.53. The van der Waals surface area contributed by atoms with Gasteiger partial charge in [-0.1, -0.05) is 6.08 Å². The smallest absolute Gasteiger partial charge is 0.128 e. The molecular formula is C13H12O2. The molecule has 1 atom stereocenters. The van der Waals surface area contributed by atoms with Crippen LogP contribution in [0, 0.1) is 12.3 Å². The van der Waals surface area contributed by atoms with Gasteiger partial charge in [0.1, 0.15) is 17.6 Å². The van der Waals surface area contributed by atoms with Crippen molar-refractivity contribution in [2.45, 2.75) is 12.5 Å². The van der Waals surface area contributed by atoms with Gasteiger partial charge in [-0.05, 0) is 24.3 Å². The van der Waals surface area contributed by atoms with E-state index in [9.17, 15) is 0 Å². The maximum atomic E-state index is 5.69. The van der Waals surface area contributed by atoms with Gasteiger partial charge in [0.15, 0.2) is 0 Å². The minimum atomic E-state index is -0.00380. The van der Waals surface area contributed by atoms with Crippen LogP contribution in [0.3, 0.4) is 0 Å². The molecule has 0 bridgehead atoms. The summed E-state index contributed by atoms with van der Waals surface area (Å²) in [4.78, 5) is 0. The van der Waals surface area contributed by atoms with Gasteiger partial charge in [0.25, 0.3) is 0 Å². The van der Waals surface area contributed by atoms with Crippen LogP contribution in [0.1, 0.15) is 12.0 Å². The minimum absolute atomic E-state index is 0.00380. The van der Waals surface area contributed by atoms with Gasteiger partial charge >= 0.3 is 0 Å². The van der Waals surface area contributed by atoms with Crippen LogP contribution in [0.5, 0.6) is 11.5 Å². The van der Waals surface area contributed by atoms with Gasteiger partial charge in [-0.25, -0.2) is 0 Å². The predicted octanol–water partition coefficient (Wildman–Crippen LogP) is 2.49. The standard InChI is InChI=1S/C13H12O2/c1-3-4-11-6-5-10-9-12(14-2)7-8-13(10)15-11/h1,5-9,11H,4H2,2H3. The van der Waals surface area contributed by atoms with Crippen molar-refractivity contribution in [3.8, 4) is 23.8 Å². The van der Waals surface area contributed by atoms with Gasteiger partial charge in [-0.2, -0.15) is 0 Å². The number of methoxy groups -OCH3 is 1. The fraction of sp³-hybridized carbons (Fsp3) is 0.231. The molecule has 0 aromatic heterocycles. The van der Waals surface area contributed by atoms with Crippen molar-refractivity contribution in [3.05, 3.63) is 29.8 Å². The Morgan fingerprint density at radius 1 is 1.53 bits per heavy atom. The highest BCUT2D eigenvalue weighted by molar-refractivity contribution is 5.62. The Bertz CT molecular complexity index is 427. The van der Waals surface area contributed by atoms with Crippen LogP contribution < -0.4 is 9.47 Å². The van der Waals surface area contributed by atoms with Crippen molar-refractivity contribution < 1.29 is 9.47 Å². The van der Waals surface area contributed by atoms with E-state index < -0.39 is 0 Å².